The molecule has 0 radical (unpaired) electrons. The lowest BCUT2D eigenvalue weighted by atomic mass is 10.1. The van der Waals surface area contributed by atoms with Gasteiger partial charge in [-0.2, -0.15) is 0 Å². The number of hydrogen-bond acceptors (Lipinski definition) is 0. The topological polar surface area (TPSA) is 4.93 Å². The van der Waals surface area contributed by atoms with Crippen molar-refractivity contribution in [3.63, 3.8) is 0 Å². The molecular weight excluding hydrogens is 230 g/mol. The molecule has 1 heteroatoms. The van der Waals surface area contributed by atoms with Crippen molar-refractivity contribution in [2.75, 3.05) is 0 Å². The minimum Gasteiger partial charge on any atom is -0.351 e. The van der Waals surface area contributed by atoms with E-state index in [1.807, 2.05) is 0 Å². The van der Waals surface area contributed by atoms with Crippen molar-refractivity contribution in [1.29, 1.82) is 0 Å². The van der Waals surface area contributed by atoms with Crippen molar-refractivity contribution < 1.29 is 0 Å². The van der Waals surface area contributed by atoms with Crippen LogP contribution < -0.4 is 0 Å². The maximum absolute atomic E-state index is 2.45. The predicted octanol–water partition coefficient (Wildman–Crippen LogP) is 5.97. The van der Waals surface area contributed by atoms with Gasteiger partial charge in [-0.05, 0) is 25.0 Å². The highest BCUT2D eigenvalue weighted by Crippen LogP contribution is 2.11. The smallest absolute Gasteiger partial charge is 0.0222 e. The molecule has 0 aliphatic carbocycles. The van der Waals surface area contributed by atoms with Crippen LogP contribution in [0.2, 0.25) is 0 Å². The summed E-state index contributed by atoms with van der Waals surface area (Å²) in [5.74, 6) is 0. The minimum absolute atomic E-state index is 1.22. The van der Waals surface area contributed by atoms with E-state index in [0.717, 1.165) is 0 Å². The van der Waals surface area contributed by atoms with E-state index < -0.39 is 0 Å². The highest BCUT2D eigenvalue weighted by Gasteiger charge is 1.99. The van der Waals surface area contributed by atoms with Gasteiger partial charge in [0.25, 0.3) is 0 Å². The molecule has 0 N–H and O–H groups in total. The van der Waals surface area contributed by atoms with Crippen LogP contribution in [0.25, 0.3) is 0 Å². The number of hydrogen-bond donors (Lipinski definition) is 0. The van der Waals surface area contributed by atoms with Gasteiger partial charge in [0.1, 0.15) is 0 Å². The zero-order valence-electron chi connectivity index (χ0n) is 13.2. The molecule has 0 saturated heterocycles. The summed E-state index contributed by atoms with van der Waals surface area (Å²) in [6.07, 6.45) is 17.5. The lowest BCUT2D eigenvalue weighted by molar-refractivity contribution is 0.532. The zero-order chi connectivity index (χ0) is 13.8. The van der Waals surface area contributed by atoms with E-state index in [4.69, 9.17) is 0 Å². The summed E-state index contributed by atoms with van der Waals surface area (Å²) < 4.78 is 2.45. The van der Waals surface area contributed by atoms with E-state index in [0.29, 0.717) is 0 Å². The highest BCUT2D eigenvalue weighted by atomic mass is 15.0. The van der Waals surface area contributed by atoms with E-state index in [1.54, 1.807) is 0 Å². The standard InChI is InChI=1S/C18H33N/c1-3-5-6-7-8-9-10-11-12-16-19-17-13-15-18(19)14-4-2/h13,15,17H,3-12,14,16H2,1-2H3. The Morgan fingerprint density at radius 2 is 1.42 bits per heavy atom. The van der Waals surface area contributed by atoms with Crippen LogP contribution in [-0.4, -0.2) is 4.57 Å². The first-order valence-corrected chi connectivity index (χ1v) is 8.52. The molecule has 19 heavy (non-hydrogen) atoms. The fraction of sp³-hybridized carbons (Fsp3) is 0.778. The van der Waals surface area contributed by atoms with Gasteiger partial charge in [-0.15, -0.1) is 0 Å². The first-order valence-electron chi connectivity index (χ1n) is 8.52. The number of unbranched alkanes of at least 4 members (excludes halogenated alkanes) is 8. The second kappa shape index (κ2) is 11.1. The molecule has 0 fully saturated rings. The van der Waals surface area contributed by atoms with E-state index in [9.17, 15) is 0 Å². The van der Waals surface area contributed by atoms with Crippen molar-refractivity contribution in [3.8, 4) is 0 Å². The average Bonchev–Trinajstić information content (AvgIpc) is 2.85. The normalized spacial score (nSPS) is 11.1. The second-order valence-electron chi connectivity index (χ2n) is 5.77. The van der Waals surface area contributed by atoms with Gasteiger partial charge in [-0.1, -0.05) is 71.6 Å². The molecule has 1 heterocycles. The molecule has 1 rings (SSSR count). The molecule has 1 aromatic rings. The quantitative estimate of drug-likeness (QED) is 0.409. The van der Waals surface area contributed by atoms with Gasteiger partial charge in [0, 0.05) is 18.4 Å². The first kappa shape index (κ1) is 16.3. The number of aryl methyl sites for hydroxylation is 2. The Balaban J connectivity index is 1.97. The van der Waals surface area contributed by atoms with Gasteiger partial charge < -0.3 is 4.57 Å². The molecule has 110 valence electrons. The molecule has 0 atom stereocenters. The summed E-state index contributed by atoms with van der Waals surface area (Å²) in [6, 6.07) is 4.47. The Morgan fingerprint density at radius 3 is 2.05 bits per heavy atom. The van der Waals surface area contributed by atoms with Gasteiger partial charge in [-0.25, -0.2) is 0 Å². The molecule has 0 amide bonds. The molecule has 0 aromatic carbocycles. The van der Waals surface area contributed by atoms with Crippen molar-refractivity contribution in [3.05, 3.63) is 24.0 Å². The maximum atomic E-state index is 2.45. The Hall–Kier alpha value is -0.720. The van der Waals surface area contributed by atoms with Gasteiger partial charge >= 0.3 is 0 Å². The molecule has 0 aliphatic heterocycles. The van der Waals surface area contributed by atoms with Crippen LogP contribution in [0, 0.1) is 0 Å². The summed E-state index contributed by atoms with van der Waals surface area (Å²) >= 11 is 0. The molecule has 0 bridgehead atoms. The van der Waals surface area contributed by atoms with Crippen LogP contribution in [0.4, 0.5) is 0 Å². The molecule has 0 aliphatic rings. The van der Waals surface area contributed by atoms with E-state index in [1.165, 1.54) is 82.9 Å². The minimum atomic E-state index is 1.22. The van der Waals surface area contributed by atoms with Gasteiger partial charge in [0.2, 0.25) is 0 Å². The number of rotatable bonds is 12. The monoisotopic (exact) mass is 263 g/mol. The van der Waals surface area contributed by atoms with Crippen LogP contribution in [0.3, 0.4) is 0 Å². The predicted molar refractivity (Wildman–Crippen MR) is 85.7 cm³/mol. The molecule has 0 spiro atoms. The average molecular weight is 263 g/mol. The molecular formula is C18H33N. The molecule has 0 unspecified atom stereocenters. The first-order chi connectivity index (χ1) is 9.38. The summed E-state index contributed by atoms with van der Waals surface area (Å²) in [5, 5.41) is 0. The van der Waals surface area contributed by atoms with E-state index >= 15 is 0 Å². The second-order valence-corrected chi connectivity index (χ2v) is 5.77. The Morgan fingerprint density at radius 1 is 0.789 bits per heavy atom. The fourth-order valence-electron chi connectivity index (χ4n) is 2.74. The highest BCUT2D eigenvalue weighted by molar-refractivity contribution is 5.07. The molecule has 1 aromatic heterocycles. The zero-order valence-corrected chi connectivity index (χ0v) is 13.2. The molecule has 0 saturated carbocycles. The third kappa shape index (κ3) is 7.44. The number of aromatic nitrogens is 1. The summed E-state index contributed by atoms with van der Waals surface area (Å²) in [5.41, 5.74) is 1.52. The van der Waals surface area contributed by atoms with Gasteiger partial charge in [0.15, 0.2) is 0 Å². The van der Waals surface area contributed by atoms with Crippen LogP contribution >= 0.6 is 0 Å². The van der Waals surface area contributed by atoms with Crippen LogP contribution in [0.15, 0.2) is 18.3 Å². The maximum Gasteiger partial charge on any atom is 0.0222 e. The Labute approximate surface area is 120 Å². The van der Waals surface area contributed by atoms with E-state index in [2.05, 4.69) is 36.7 Å². The van der Waals surface area contributed by atoms with Crippen LogP contribution in [0.5, 0.6) is 0 Å². The molecule has 1 nitrogen and oxygen atoms in total. The largest absolute Gasteiger partial charge is 0.351 e. The lowest BCUT2D eigenvalue weighted by Crippen LogP contribution is -2.01. The van der Waals surface area contributed by atoms with Crippen LogP contribution in [-0.2, 0) is 13.0 Å². The van der Waals surface area contributed by atoms with Crippen molar-refractivity contribution >= 4 is 0 Å². The van der Waals surface area contributed by atoms with Gasteiger partial charge in [-0.3, -0.25) is 0 Å². The van der Waals surface area contributed by atoms with E-state index in [-0.39, 0.29) is 0 Å². The van der Waals surface area contributed by atoms with Crippen molar-refractivity contribution in [2.24, 2.45) is 0 Å². The summed E-state index contributed by atoms with van der Waals surface area (Å²) in [4.78, 5) is 0. The van der Waals surface area contributed by atoms with Crippen LogP contribution in [0.1, 0.15) is 83.7 Å². The fourth-order valence-corrected chi connectivity index (χ4v) is 2.74. The SMILES string of the molecule is CCCCCCCCCCCn1cccc1CCC. The van der Waals surface area contributed by atoms with Crippen molar-refractivity contribution in [1.82, 2.24) is 4.57 Å². The Bertz CT molecular complexity index is 300. The number of nitrogens with zero attached hydrogens (tertiary/aromatic N) is 1. The lowest BCUT2D eigenvalue weighted by Gasteiger charge is -2.08. The third-order valence-electron chi connectivity index (χ3n) is 3.93. The Kier molecular flexibility index (Phi) is 9.57. The summed E-state index contributed by atoms with van der Waals surface area (Å²) in [7, 11) is 0. The van der Waals surface area contributed by atoms with Gasteiger partial charge in [0.05, 0.1) is 0 Å². The van der Waals surface area contributed by atoms with Crippen molar-refractivity contribution in [2.45, 2.75) is 91.0 Å². The third-order valence-corrected chi connectivity index (χ3v) is 3.93. The summed E-state index contributed by atoms with van der Waals surface area (Å²) in [6.45, 7) is 5.77.